The van der Waals surface area contributed by atoms with Gasteiger partial charge < -0.3 is 20.3 Å². The van der Waals surface area contributed by atoms with E-state index in [-0.39, 0.29) is 24.9 Å². The Morgan fingerprint density at radius 2 is 1.94 bits per heavy atom. The predicted molar refractivity (Wildman–Crippen MR) is 121 cm³/mol. The molecule has 2 amide bonds. The van der Waals surface area contributed by atoms with Gasteiger partial charge in [0.1, 0.15) is 5.75 Å². The molecule has 0 aromatic heterocycles. The third-order valence-corrected chi connectivity index (χ3v) is 5.39. The number of Topliss-reactive ketones (excluding diaryl/α,β-unsaturated/α-hetero) is 1. The highest BCUT2D eigenvalue weighted by molar-refractivity contribution is 6.36. The maximum absolute atomic E-state index is 13.0. The Hall–Kier alpha value is -3.01. The zero-order valence-electron chi connectivity index (χ0n) is 18.7. The standard InChI is InChI=1S/C24H33N3O4/c1-5-25-21-14-20(31-4)12-11-19(21)13-22(28)24(30)27(16-23(29)26-17(2)3)15-18-9-7-6-8-10-18/h1,11-12,14,17-18,25H,6-10,13,15-16H2,2-4H3,(H,26,29). The molecule has 31 heavy (non-hydrogen) atoms. The number of carbonyl (C=O) groups is 3. The number of ether oxygens (including phenoxy) is 1. The van der Waals surface area contributed by atoms with Crippen LogP contribution in [-0.2, 0) is 20.8 Å². The van der Waals surface area contributed by atoms with Crippen molar-refractivity contribution in [2.45, 2.75) is 58.4 Å². The zero-order valence-corrected chi connectivity index (χ0v) is 18.7. The molecule has 0 unspecified atom stereocenters. The van der Waals surface area contributed by atoms with Gasteiger partial charge in [0.05, 0.1) is 19.3 Å². The van der Waals surface area contributed by atoms with Crippen LogP contribution in [0.3, 0.4) is 0 Å². The van der Waals surface area contributed by atoms with Crippen molar-refractivity contribution in [2.24, 2.45) is 5.92 Å². The van der Waals surface area contributed by atoms with Crippen molar-refractivity contribution in [1.29, 1.82) is 0 Å². The van der Waals surface area contributed by atoms with Gasteiger partial charge in [-0.25, -0.2) is 0 Å². The van der Waals surface area contributed by atoms with Crippen LogP contribution in [-0.4, -0.2) is 48.7 Å². The molecule has 7 nitrogen and oxygen atoms in total. The summed E-state index contributed by atoms with van der Waals surface area (Å²) in [6.07, 6.45) is 10.7. The molecular formula is C24H33N3O4. The number of ketones is 1. The van der Waals surface area contributed by atoms with Gasteiger partial charge in [0.25, 0.3) is 5.91 Å². The lowest BCUT2D eigenvalue weighted by Crippen LogP contribution is -2.47. The lowest BCUT2D eigenvalue weighted by Gasteiger charge is -2.29. The first-order valence-corrected chi connectivity index (χ1v) is 10.8. The summed E-state index contributed by atoms with van der Waals surface area (Å²) in [5, 5.41) is 5.55. The van der Waals surface area contributed by atoms with E-state index in [4.69, 9.17) is 11.2 Å². The highest BCUT2D eigenvalue weighted by atomic mass is 16.5. The van der Waals surface area contributed by atoms with Gasteiger partial charge in [0.15, 0.2) is 0 Å². The second-order valence-electron chi connectivity index (χ2n) is 8.30. The van der Waals surface area contributed by atoms with Crippen molar-refractivity contribution in [1.82, 2.24) is 10.2 Å². The topological polar surface area (TPSA) is 87.7 Å². The van der Waals surface area contributed by atoms with Crippen LogP contribution in [0.2, 0.25) is 0 Å². The molecule has 1 aliphatic carbocycles. The van der Waals surface area contributed by atoms with Crippen molar-refractivity contribution >= 4 is 23.3 Å². The summed E-state index contributed by atoms with van der Waals surface area (Å²) in [5.74, 6) is -0.557. The lowest BCUT2D eigenvalue weighted by molar-refractivity contribution is -0.146. The molecule has 1 aromatic rings. The molecule has 0 radical (unpaired) electrons. The molecule has 168 valence electrons. The van der Waals surface area contributed by atoms with E-state index in [0.717, 1.165) is 25.7 Å². The van der Waals surface area contributed by atoms with E-state index in [9.17, 15) is 14.4 Å². The summed E-state index contributed by atoms with van der Waals surface area (Å²) in [6, 6.07) is 7.40. The third kappa shape index (κ3) is 7.63. The van der Waals surface area contributed by atoms with Crippen LogP contribution in [0.4, 0.5) is 5.69 Å². The van der Waals surface area contributed by atoms with Crippen LogP contribution in [0.1, 0.15) is 51.5 Å². The average Bonchev–Trinajstić information content (AvgIpc) is 2.74. The molecule has 7 heteroatoms. The van der Waals surface area contributed by atoms with Crippen molar-refractivity contribution < 1.29 is 19.1 Å². The van der Waals surface area contributed by atoms with Crippen LogP contribution in [0.5, 0.6) is 5.75 Å². The van der Waals surface area contributed by atoms with Gasteiger partial charge >= 0.3 is 0 Å². The van der Waals surface area contributed by atoms with E-state index in [0.29, 0.717) is 29.5 Å². The minimum absolute atomic E-state index is 0.0356. The molecular weight excluding hydrogens is 394 g/mol. The Morgan fingerprint density at radius 3 is 2.55 bits per heavy atom. The second kappa shape index (κ2) is 12.0. The number of hydrogen-bond donors (Lipinski definition) is 2. The highest BCUT2D eigenvalue weighted by Crippen LogP contribution is 2.25. The van der Waals surface area contributed by atoms with Gasteiger partial charge in [0.2, 0.25) is 11.7 Å². The van der Waals surface area contributed by atoms with E-state index in [1.807, 2.05) is 13.8 Å². The predicted octanol–water partition coefficient (Wildman–Crippen LogP) is 2.74. The lowest BCUT2D eigenvalue weighted by atomic mass is 9.89. The maximum Gasteiger partial charge on any atom is 0.290 e. The SMILES string of the molecule is C#CNc1cc(OC)ccc1CC(=O)C(=O)N(CC(=O)NC(C)C)CC1CCCCC1. The van der Waals surface area contributed by atoms with E-state index in [2.05, 4.69) is 16.7 Å². The van der Waals surface area contributed by atoms with Crippen molar-refractivity contribution in [3.05, 3.63) is 23.8 Å². The molecule has 2 N–H and O–H groups in total. The molecule has 0 bridgehead atoms. The average molecular weight is 428 g/mol. The smallest absolute Gasteiger partial charge is 0.290 e. The second-order valence-corrected chi connectivity index (χ2v) is 8.30. The molecule has 2 rings (SSSR count). The highest BCUT2D eigenvalue weighted by Gasteiger charge is 2.28. The normalized spacial score (nSPS) is 13.9. The molecule has 1 aliphatic rings. The maximum atomic E-state index is 13.0. The van der Waals surface area contributed by atoms with E-state index >= 15 is 0 Å². The Labute approximate surface area is 184 Å². The quantitative estimate of drug-likeness (QED) is 0.341. The van der Waals surface area contributed by atoms with Gasteiger partial charge in [0, 0.05) is 31.1 Å². The number of nitrogens with one attached hydrogen (secondary N) is 2. The first-order valence-electron chi connectivity index (χ1n) is 10.8. The van der Waals surface area contributed by atoms with Gasteiger partial charge in [-0.15, -0.1) is 0 Å². The van der Waals surface area contributed by atoms with Gasteiger partial charge in [-0.2, -0.15) is 0 Å². The third-order valence-electron chi connectivity index (χ3n) is 5.39. The van der Waals surface area contributed by atoms with Crippen LogP contribution >= 0.6 is 0 Å². The fourth-order valence-electron chi connectivity index (χ4n) is 3.90. The fraction of sp³-hybridized carbons (Fsp3) is 0.542. The van der Waals surface area contributed by atoms with Crippen LogP contribution in [0, 0.1) is 18.4 Å². The van der Waals surface area contributed by atoms with Gasteiger partial charge in [-0.05, 0) is 44.2 Å². The Balaban J connectivity index is 2.15. The molecule has 1 aromatic carbocycles. The summed E-state index contributed by atoms with van der Waals surface area (Å²) >= 11 is 0. The van der Waals surface area contributed by atoms with Crippen LogP contribution < -0.4 is 15.4 Å². The zero-order chi connectivity index (χ0) is 22.8. The number of hydrogen-bond acceptors (Lipinski definition) is 5. The van der Waals surface area contributed by atoms with E-state index in [1.54, 1.807) is 18.2 Å². The summed E-state index contributed by atoms with van der Waals surface area (Å²) in [7, 11) is 1.54. The molecule has 1 saturated carbocycles. The van der Waals surface area contributed by atoms with Crippen molar-refractivity contribution in [3.63, 3.8) is 0 Å². The number of nitrogens with zero attached hydrogens (tertiary/aromatic N) is 1. The Bertz CT molecular complexity index is 823. The Morgan fingerprint density at radius 1 is 1.23 bits per heavy atom. The number of rotatable bonds is 10. The number of terminal acetylenes is 1. The summed E-state index contributed by atoms with van der Waals surface area (Å²) in [6.45, 7) is 4.03. The molecule has 0 atom stereocenters. The van der Waals surface area contributed by atoms with E-state index in [1.165, 1.54) is 18.4 Å². The molecule has 0 heterocycles. The summed E-state index contributed by atoms with van der Waals surface area (Å²) in [5.41, 5.74) is 1.14. The van der Waals surface area contributed by atoms with Gasteiger partial charge in [-0.1, -0.05) is 31.8 Å². The number of benzene rings is 1. The summed E-state index contributed by atoms with van der Waals surface area (Å²) in [4.78, 5) is 39.7. The Kier molecular flexibility index (Phi) is 9.39. The monoisotopic (exact) mass is 427 g/mol. The van der Waals surface area contributed by atoms with E-state index < -0.39 is 11.7 Å². The number of methoxy groups -OCH3 is 1. The van der Waals surface area contributed by atoms with Crippen LogP contribution in [0.15, 0.2) is 18.2 Å². The molecule has 0 saturated heterocycles. The largest absolute Gasteiger partial charge is 0.497 e. The number of amides is 2. The molecule has 1 fully saturated rings. The molecule has 0 aliphatic heterocycles. The molecule has 0 spiro atoms. The minimum atomic E-state index is -0.632. The fourth-order valence-corrected chi connectivity index (χ4v) is 3.90. The number of anilines is 1. The first kappa shape index (κ1) is 24.3. The van der Waals surface area contributed by atoms with Crippen molar-refractivity contribution in [3.8, 4) is 18.2 Å². The van der Waals surface area contributed by atoms with Gasteiger partial charge in [-0.3, -0.25) is 14.4 Å². The first-order chi connectivity index (χ1) is 14.8. The van der Waals surface area contributed by atoms with Crippen molar-refractivity contribution in [2.75, 3.05) is 25.5 Å². The summed E-state index contributed by atoms with van der Waals surface area (Å²) < 4.78 is 5.19. The minimum Gasteiger partial charge on any atom is -0.497 e. The van der Waals surface area contributed by atoms with Crippen LogP contribution in [0.25, 0.3) is 0 Å². The number of carbonyl (C=O) groups excluding carboxylic acids is 3.